The van der Waals surface area contributed by atoms with E-state index in [4.69, 9.17) is 4.74 Å². The molecule has 0 saturated heterocycles. The highest BCUT2D eigenvalue weighted by atomic mass is 32.2. The quantitative estimate of drug-likeness (QED) is 0.511. The lowest BCUT2D eigenvalue weighted by Crippen LogP contribution is -2.33. The third kappa shape index (κ3) is 6.97. The molecule has 1 aliphatic rings. The van der Waals surface area contributed by atoms with Crippen LogP contribution >= 0.6 is 0 Å². The van der Waals surface area contributed by atoms with E-state index in [1.165, 1.54) is 34.5 Å². The lowest BCUT2D eigenvalue weighted by Gasteiger charge is -2.23. The molecule has 7 heteroatoms. The van der Waals surface area contributed by atoms with Crippen LogP contribution in [0.1, 0.15) is 68.7 Å². The average Bonchev–Trinajstić information content (AvgIpc) is 2.80. The van der Waals surface area contributed by atoms with Gasteiger partial charge in [-0.15, -0.1) is 0 Å². The number of anilines is 1. The minimum absolute atomic E-state index is 0.0261. The summed E-state index contributed by atoms with van der Waals surface area (Å²) in [5, 5.41) is 3.14. The van der Waals surface area contributed by atoms with E-state index in [1.54, 1.807) is 24.3 Å². The normalized spacial score (nSPS) is 14.3. The van der Waals surface area contributed by atoms with Crippen molar-refractivity contribution in [3.63, 3.8) is 0 Å². The molecule has 2 aromatic rings. The minimum atomic E-state index is -3.46. The fourth-order valence-electron chi connectivity index (χ4n) is 4.40. The van der Waals surface area contributed by atoms with Crippen LogP contribution in [0.25, 0.3) is 0 Å². The Bertz CT molecular complexity index is 1030. The molecule has 3 rings (SSSR count). The number of nitrogens with one attached hydrogen (secondary N) is 1. The van der Waals surface area contributed by atoms with Gasteiger partial charge in [0.15, 0.2) is 0 Å². The summed E-state index contributed by atoms with van der Waals surface area (Å²) < 4.78 is 31.5. The van der Waals surface area contributed by atoms with Gasteiger partial charge < -0.3 is 10.1 Å². The molecule has 0 fully saturated rings. The summed E-state index contributed by atoms with van der Waals surface area (Å²) in [6.45, 7) is 4.77. The lowest BCUT2D eigenvalue weighted by molar-refractivity contribution is -0.121. The van der Waals surface area contributed by atoms with Gasteiger partial charge in [-0.05, 0) is 86.4 Å². The first-order valence-electron chi connectivity index (χ1n) is 11.9. The van der Waals surface area contributed by atoms with Crippen molar-refractivity contribution in [2.45, 2.75) is 64.8 Å². The predicted molar refractivity (Wildman–Crippen MR) is 133 cm³/mol. The SMILES string of the molecule is CCOc1ccc(N(CCCC(=O)NC(CC)c2ccc3c(c2)CCCC3)S(C)(=O)=O)cc1. The molecule has 0 aliphatic heterocycles. The van der Waals surface area contributed by atoms with Crippen molar-refractivity contribution in [1.29, 1.82) is 0 Å². The van der Waals surface area contributed by atoms with Crippen molar-refractivity contribution < 1.29 is 17.9 Å². The molecule has 0 aromatic heterocycles. The fraction of sp³-hybridized carbons (Fsp3) is 0.500. The monoisotopic (exact) mass is 472 g/mol. The fourth-order valence-corrected chi connectivity index (χ4v) is 5.37. The Kier molecular flexibility index (Phi) is 8.78. The molecule has 0 bridgehead atoms. The maximum absolute atomic E-state index is 12.7. The topological polar surface area (TPSA) is 75.7 Å². The van der Waals surface area contributed by atoms with E-state index < -0.39 is 10.0 Å². The molecular formula is C26H36N2O4S. The van der Waals surface area contributed by atoms with Gasteiger partial charge in [-0.3, -0.25) is 9.10 Å². The molecule has 6 nitrogen and oxygen atoms in total. The average molecular weight is 473 g/mol. The van der Waals surface area contributed by atoms with Gasteiger partial charge in [0.1, 0.15) is 5.75 Å². The van der Waals surface area contributed by atoms with Crippen LogP contribution < -0.4 is 14.4 Å². The van der Waals surface area contributed by atoms with Crippen molar-refractivity contribution in [2.75, 3.05) is 23.7 Å². The summed E-state index contributed by atoms with van der Waals surface area (Å²) in [5.74, 6) is 0.640. The van der Waals surface area contributed by atoms with Crippen LogP contribution in [0, 0.1) is 0 Å². The predicted octanol–water partition coefficient (Wildman–Crippen LogP) is 4.78. The molecule has 1 aliphatic carbocycles. The van der Waals surface area contributed by atoms with E-state index in [0.717, 1.165) is 24.8 Å². The number of nitrogens with zero attached hydrogens (tertiary/aromatic N) is 1. The zero-order chi connectivity index (χ0) is 23.8. The van der Waals surface area contributed by atoms with Crippen molar-refractivity contribution >= 4 is 21.6 Å². The Morgan fingerprint density at radius 1 is 1.06 bits per heavy atom. The van der Waals surface area contributed by atoms with Crippen LogP contribution in [-0.4, -0.2) is 33.7 Å². The van der Waals surface area contributed by atoms with Crippen LogP contribution in [0.3, 0.4) is 0 Å². The van der Waals surface area contributed by atoms with Gasteiger partial charge in [-0.25, -0.2) is 8.42 Å². The van der Waals surface area contributed by atoms with Gasteiger partial charge in [0.2, 0.25) is 15.9 Å². The highest BCUT2D eigenvalue weighted by molar-refractivity contribution is 7.92. The standard InChI is InChI=1S/C26H36N2O4S/c1-4-25(22-13-12-20-9-6-7-10-21(20)19-22)27-26(29)11-8-18-28(33(3,30)31)23-14-16-24(17-15-23)32-5-2/h12-17,19,25H,4-11,18H2,1-3H3,(H,27,29). The third-order valence-electron chi connectivity index (χ3n) is 6.12. The van der Waals surface area contributed by atoms with E-state index >= 15 is 0 Å². The van der Waals surface area contributed by atoms with Crippen molar-refractivity contribution in [3.8, 4) is 5.75 Å². The second-order valence-electron chi connectivity index (χ2n) is 8.63. The number of amides is 1. The first-order chi connectivity index (χ1) is 15.8. The highest BCUT2D eigenvalue weighted by Gasteiger charge is 2.19. The summed E-state index contributed by atoms with van der Waals surface area (Å²) in [5.41, 5.74) is 4.56. The number of sulfonamides is 1. The molecule has 1 N–H and O–H groups in total. The molecule has 1 atom stereocenters. The van der Waals surface area contributed by atoms with E-state index in [9.17, 15) is 13.2 Å². The van der Waals surface area contributed by atoms with Gasteiger partial charge in [-0.1, -0.05) is 25.1 Å². The Labute approximate surface area is 198 Å². The van der Waals surface area contributed by atoms with Gasteiger partial charge in [0, 0.05) is 13.0 Å². The maximum atomic E-state index is 12.7. The summed E-state index contributed by atoms with van der Waals surface area (Å²) in [6.07, 6.45) is 7.44. The van der Waals surface area contributed by atoms with E-state index in [-0.39, 0.29) is 24.9 Å². The number of rotatable bonds is 11. The Balaban J connectivity index is 1.58. The molecule has 0 spiro atoms. The van der Waals surface area contributed by atoms with Gasteiger partial charge in [0.25, 0.3) is 0 Å². The van der Waals surface area contributed by atoms with Gasteiger partial charge in [-0.2, -0.15) is 0 Å². The van der Waals surface area contributed by atoms with E-state index in [1.807, 2.05) is 6.92 Å². The third-order valence-corrected chi connectivity index (χ3v) is 7.31. The summed E-state index contributed by atoms with van der Waals surface area (Å²) in [6, 6.07) is 13.5. The zero-order valence-electron chi connectivity index (χ0n) is 20.0. The molecular weight excluding hydrogens is 436 g/mol. The van der Waals surface area contributed by atoms with E-state index in [2.05, 4.69) is 30.4 Å². The van der Waals surface area contributed by atoms with Crippen LogP contribution in [0.4, 0.5) is 5.69 Å². The number of hydrogen-bond acceptors (Lipinski definition) is 4. The molecule has 0 saturated carbocycles. The number of ether oxygens (including phenoxy) is 1. The first-order valence-corrected chi connectivity index (χ1v) is 13.8. The molecule has 2 aromatic carbocycles. The molecule has 33 heavy (non-hydrogen) atoms. The van der Waals surface area contributed by atoms with Crippen LogP contribution in [-0.2, 0) is 27.7 Å². The molecule has 0 radical (unpaired) electrons. The van der Waals surface area contributed by atoms with Crippen molar-refractivity contribution in [2.24, 2.45) is 0 Å². The Hall–Kier alpha value is -2.54. The van der Waals surface area contributed by atoms with Crippen molar-refractivity contribution in [1.82, 2.24) is 5.32 Å². The van der Waals surface area contributed by atoms with Crippen LogP contribution in [0.5, 0.6) is 5.75 Å². The molecule has 180 valence electrons. The number of carbonyl (C=O) groups excluding carboxylic acids is 1. The summed E-state index contributed by atoms with van der Waals surface area (Å²) >= 11 is 0. The minimum Gasteiger partial charge on any atom is -0.494 e. The maximum Gasteiger partial charge on any atom is 0.232 e. The smallest absolute Gasteiger partial charge is 0.232 e. The van der Waals surface area contributed by atoms with Crippen LogP contribution in [0.2, 0.25) is 0 Å². The number of fused-ring (bicyclic) bond motifs is 1. The highest BCUT2D eigenvalue weighted by Crippen LogP contribution is 2.26. The summed E-state index contributed by atoms with van der Waals surface area (Å²) in [4.78, 5) is 12.7. The zero-order valence-corrected chi connectivity index (χ0v) is 20.8. The Morgan fingerprint density at radius 2 is 1.76 bits per heavy atom. The lowest BCUT2D eigenvalue weighted by atomic mass is 9.89. The van der Waals surface area contributed by atoms with Gasteiger partial charge >= 0.3 is 0 Å². The van der Waals surface area contributed by atoms with E-state index in [0.29, 0.717) is 24.5 Å². The number of aryl methyl sites for hydroxylation is 2. The second-order valence-corrected chi connectivity index (χ2v) is 10.5. The largest absolute Gasteiger partial charge is 0.494 e. The number of benzene rings is 2. The first kappa shape index (κ1) is 25.1. The van der Waals surface area contributed by atoms with Gasteiger partial charge in [0.05, 0.1) is 24.6 Å². The molecule has 0 heterocycles. The molecule has 1 unspecified atom stereocenters. The number of hydrogen-bond donors (Lipinski definition) is 1. The van der Waals surface area contributed by atoms with Crippen molar-refractivity contribution in [3.05, 3.63) is 59.2 Å². The number of carbonyl (C=O) groups is 1. The Morgan fingerprint density at radius 3 is 2.39 bits per heavy atom. The second kappa shape index (κ2) is 11.5. The van der Waals surface area contributed by atoms with Crippen LogP contribution in [0.15, 0.2) is 42.5 Å². The summed E-state index contributed by atoms with van der Waals surface area (Å²) in [7, 11) is -3.46. The molecule has 1 amide bonds.